The van der Waals surface area contributed by atoms with Crippen LogP contribution in [0.15, 0.2) is 23.1 Å². The minimum absolute atomic E-state index is 0.00373. The van der Waals surface area contributed by atoms with Gasteiger partial charge in [-0.3, -0.25) is 4.79 Å². The lowest BCUT2D eigenvalue weighted by molar-refractivity contribution is -0.137. The van der Waals surface area contributed by atoms with Gasteiger partial charge in [0.25, 0.3) is 0 Å². The number of aliphatic carboxylic acids is 1. The summed E-state index contributed by atoms with van der Waals surface area (Å²) in [4.78, 5) is 10.4. The lowest BCUT2D eigenvalue weighted by atomic mass is 10.3. The molecular weight excluding hydrogens is 286 g/mol. The quantitative estimate of drug-likeness (QED) is 0.690. The Morgan fingerprint density at radius 3 is 2.20 bits per heavy atom. The second kappa shape index (κ2) is 7.11. The van der Waals surface area contributed by atoms with E-state index in [0.717, 1.165) is 0 Å². The largest absolute Gasteiger partial charge is 0.497 e. The van der Waals surface area contributed by atoms with Crippen LogP contribution in [-0.4, -0.2) is 40.3 Å². The van der Waals surface area contributed by atoms with Gasteiger partial charge in [0.1, 0.15) is 11.5 Å². The van der Waals surface area contributed by atoms with Crippen molar-refractivity contribution < 1.29 is 27.8 Å². The molecule has 0 unspecified atom stereocenters. The Bertz CT molecular complexity index is 547. The number of nitrogens with one attached hydrogen (secondary N) is 1. The van der Waals surface area contributed by atoms with Crippen molar-refractivity contribution in [3.63, 3.8) is 0 Å². The highest BCUT2D eigenvalue weighted by Gasteiger charge is 2.16. The summed E-state index contributed by atoms with van der Waals surface area (Å²) in [6.07, 6.45) is 0.125. The normalized spacial score (nSPS) is 11.1. The minimum Gasteiger partial charge on any atom is -0.497 e. The highest BCUT2D eigenvalue weighted by molar-refractivity contribution is 7.89. The van der Waals surface area contributed by atoms with Gasteiger partial charge in [-0.15, -0.1) is 0 Å². The summed E-state index contributed by atoms with van der Waals surface area (Å²) in [6.45, 7) is 0.0498. The van der Waals surface area contributed by atoms with Gasteiger partial charge in [0.2, 0.25) is 10.0 Å². The molecule has 1 rings (SSSR count). The molecule has 0 spiro atoms. The first kappa shape index (κ1) is 16.3. The van der Waals surface area contributed by atoms with E-state index in [4.69, 9.17) is 14.6 Å². The average molecular weight is 303 g/mol. The molecule has 0 radical (unpaired) electrons. The van der Waals surface area contributed by atoms with E-state index in [-0.39, 0.29) is 24.3 Å². The van der Waals surface area contributed by atoms with Crippen molar-refractivity contribution in [3.8, 4) is 11.5 Å². The van der Waals surface area contributed by atoms with Gasteiger partial charge in [-0.25, -0.2) is 13.1 Å². The molecular formula is C12H17NO6S. The van der Waals surface area contributed by atoms with E-state index < -0.39 is 16.0 Å². The Hall–Kier alpha value is -1.80. The molecule has 8 heteroatoms. The zero-order valence-corrected chi connectivity index (χ0v) is 12.1. The van der Waals surface area contributed by atoms with E-state index in [1.165, 1.54) is 26.4 Å². The number of rotatable bonds is 8. The van der Waals surface area contributed by atoms with E-state index in [9.17, 15) is 13.2 Å². The second-order valence-corrected chi connectivity index (χ2v) is 5.71. The van der Waals surface area contributed by atoms with Crippen LogP contribution in [0, 0.1) is 0 Å². The third kappa shape index (κ3) is 4.71. The first-order chi connectivity index (χ1) is 9.39. The molecule has 0 aliphatic heterocycles. The Balaban J connectivity index is 2.83. The first-order valence-corrected chi connectivity index (χ1v) is 7.32. The van der Waals surface area contributed by atoms with E-state index in [0.29, 0.717) is 11.5 Å². The molecule has 0 saturated carbocycles. The van der Waals surface area contributed by atoms with Crippen LogP contribution in [0.4, 0.5) is 0 Å². The van der Waals surface area contributed by atoms with Crippen LogP contribution < -0.4 is 14.2 Å². The van der Waals surface area contributed by atoms with Crippen molar-refractivity contribution in [2.45, 2.75) is 17.7 Å². The van der Waals surface area contributed by atoms with Crippen LogP contribution in [-0.2, 0) is 14.8 Å². The fraction of sp³-hybridized carbons (Fsp3) is 0.417. The number of hydrogen-bond acceptors (Lipinski definition) is 5. The van der Waals surface area contributed by atoms with Crippen LogP contribution in [0.25, 0.3) is 0 Å². The molecule has 0 heterocycles. The molecule has 112 valence electrons. The maximum Gasteiger partial charge on any atom is 0.303 e. The van der Waals surface area contributed by atoms with Crippen molar-refractivity contribution in [3.05, 3.63) is 18.2 Å². The zero-order valence-electron chi connectivity index (χ0n) is 11.3. The van der Waals surface area contributed by atoms with Crippen molar-refractivity contribution in [1.82, 2.24) is 4.72 Å². The van der Waals surface area contributed by atoms with Gasteiger partial charge < -0.3 is 14.6 Å². The van der Waals surface area contributed by atoms with E-state index in [2.05, 4.69) is 4.72 Å². The lowest BCUT2D eigenvalue weighted by Gasteiger charge is -2.10. The number of carbonyl (C=O) groups is 1. The Morgan fingerprint density at radius 2 is 1.75 bits per heavy atom. The molecule has 1 aromatic carbocycles. The van der Waals surface area contributed by atoms with Gasteiger partial charge in [0.15, 0.2) is 0 Å². The van der Waals surface area contributed by atoms with Crippen LogP contribution in [0.5, 0.6) is 11.5 Å². The number of hydrogen-bond donors (Lipinski definition) is 2. The SMILES string of the molecule is COc1cc(OC)cc(S(=O)(=O)NCCCC(=O)O)c1. The molecule has 2 N–H and O–H groups in total. The summed E-state index contributed by atoms with van der Waals surface area (Å²) in [6, 6.07) is 4.29. The number of ether oxygens (including phenoxy) is 2. The second-order valence-electron chi connectivity index (χ2n) is 3.94. The van der Waals surface area contributed by atoms with Crippen molar-refractivity contribution in [2.75, 3.05) is 20.8 Å². The third-order valence-electron chi connectivity index (χ3n) is 2.49. The Labute approximate surface area is 117 Å². The molecule has 0 atom stereocenters. The molecule has 1 aromatic rings. The van der Waals surface area contributed by atoms with E-state index >= 15 is 0 Å². The predicted molar refractivity (Wildman–Crippen MR) is 71.6 cm³/mol. The molecule has 20 heavy (non-hydrogen) atoms. The fourth-order valence-electron chi connectivity index (χ4n) is 1.47. The predicted octanol–water partition coefficient (Wildman–Crippen LogP) is 0.847. The van der Waals surface area contributed by atoms with Crippen LogP contribution in [0.1, 0.15) is 12.8 Å². The van der Waals surface area contributed by atoms with Gasteiger partial charge in [0.05, 0.1) is 19.1 Å². The van der Waals surface area contributed by atoms with Crippen LogP contribution in [0.2, 0.25) is 0 Å². The molecule has 0 aromatic heterocycles. The van der Waals surface area contributed by atoms with Crippen LogP contribution >= 0.6 is 0 Å². The third-order valence-corrected chi connectivity index (χ3v) is 3.94. The standard InChI is InChI=1S/C12H17NO6S/c1-18-9-6-10(19-2)8-11(7-9)20(16,17)13-5-3-4-12(14)15/h6-8,13H,3-5H2,1-2H3,(H,14,15). The van der Waals surface area contributed by atoms with Crippen LogP contribution in [0.3, 0.4) is 0 Å². The number of sulfonamides is 1. The highest BCUT2D eigenvalue weighted by Crippen LogP contribution is 2.25. The number of benzene rings is 1. The number of methoxy groups -OCH3 is 2. The fourth-order valence-corrected chi connectivity index (χ4v) is 2.59. The topological polar surface area (TPSA) is 102 Å². The summed E-state index contributed by atoms with van der Waals surface area (Å²) in [7, 11) is -0.882. The van der Waals surface area contributed by atoms with Gasteiger partial charge >= 0.3 is 5.97 Å². The van der Waals surface area contributed by atoms with Crippen molar-refractivity contribution in [1.29, 1.82) is 0 Å². The summed E-state index contributed by atoms with van der Waals surface area (Å²) < 4.78 is 36.4. The number of carboxylic acids is 1. The van der Waals surface area contributed by atoms with Crippen molar-refractivity contribution in [2.24, 2.45) is 0 Å². The van der Waals surface area contributed by atoms with Gasteiger partial charge in [-0.05, 0) is 6.42 Å². The maximum atomic E-state index is 12.0. The van der Waals surface area contributed by atoms with E-state index in [1.807, 2.05) is 0 Å². The molecule has 0 saturated heterocycles. The van der Waals surface area contributed by atoms with Gasteiger partial charge in [-0.2, -0.15) is 0 Å². The van der Waals surface area contributed by atoms with Gasteiger partial charge in [0, 0.05) is 31.2 Å². The Kier molecular flexibility index (Phi) is 5.78. The molecule has 0 aliphatic rings. The van der Waals surface area contributed by atoms with Crippen molar-refractivity contribution >= 4 is 16.0 Å². The highest BCUT2D eigenvalue weighted by atomic mass is 32.2. The Morgan fingerprint density at radius 1 is 1.20 bits per heavy atom. The summed E-state index contributed by atoms with van der Waals surface area (Å²) in [5.74, 6) is -0.252. The molecule has 0 fully saturated rings. The lowest BCUT2D eigenvalue weighted by Crippen LogP contribution is -2.25. The zero-order chi connectivity index (χ0) is 15.2. The smallest absolute Gasteiger partial charge is 0.303 e. The summed E-state index contributed by atoms with van der Waals surface area (Å²) >= 11 is 0. The summed E-state index contributed by atoms with van der Waals surface area (Å²) in [5.41, 5.74) is 0. The van der Waals surface area contributed by atoms with E-state index in [1.54, 1.807) is 6.07 Å². The molecule has 0 bridgehead atoms. The molecule has 7 nitrogen and oxygen atoms in total. The summed E-state index contributed by atoms with van der Waals surface area (Å²) in [5, 5.41) is 8.49. The maximum absolute atomic E-state index is 12.0. The monoisotopic (exact) mass is 303 g/mol. The van der Waals surface area contributed by atoms with Gasteiger partial charge in [-0.1, -0.05) is 0 Å². The molecule has 0 amide bonds. The minimum atomic E-state index is -3.73. The number of carboxylic acid groups (broad SMARTS) is 1. The molecule has 0 aliphatic carbocycles. The average Bonchev–Trinajstić information content (AvgIpc) is 2.42. The first-order valence-electron chi connectivity index (χ1n) is 5.83.